The summed E-state index contributed by atoms with van der Waals surface area (Å²) in [6.45, 7) is 7.86. The van der Waals surface area contributed by atoms with Crippen LogP contribution >= 0.6 is 11.3 Å². The van der Waals surface area contributed by atoms with Crippen LogP contribution in [0.5, 0.6) is 0 Å². The second kappa shape index (κ2) is 7.74. The number of nitrogens with one attached hydrogen (secondary N) is 1. The number of pyridine rings is 1. The fourth-order valence-electron chi connectivity index (χ4n) is 2.51. The first-order chi connectivity index (χ1) is 12.5. The Labute approximate surface area is 155 Å². The Balaban J connectivity index is 1.82. The molecule has 0 spiro atoms. The molecule has 3 heterocycles. The summed E-state index contributed by atoms with van der Waals surface area (Å²) in [6, 6.07) is 3.29. The second-order valence-electron chi connectivity index (χ2n) is 6.27. The molecule has 26 heavy (non-hydrogen) atoms. The lowest BCUT2D eigenvalue weighted by Gasteiger charge is -2.18. The standard InChI is InChI=1S/C18H21N5O2S/c1-5-13-20-11(4)15(26-13)17(24)21-14(10(2)3)18-22-16(23-25-18)12-7-6-8-19-9-12/h6-10,14H,5H2,1-4H3,(H,21,24). The number of aromatic nitrogens is 4. The van der Waals surface area contributed by atoms with E-state index < -0.39 is 0 Å². The Bertz CT molecular complexity index is 888. The number of rotatable bonds is 6. The molecule has 0 aliphatic carbocycles. The highest BCUT2D eigenvalue weighted by Crippen LogP contribution is 2.25. The highest BCUT2D eigenvalue weighted by Gasteiger charge is 2.27. The topological polar surface area (TPSA) is 93.8 Å². The summed E-state index contributed by atoms with van der Waals surface area (Å²) < 4.78 is 5.42. The average molecular weight is 371 g/mol. The number of nitrogens with zero attached hydrogens (tertiary/aromatic N) is 4. The zero-order chi connectivity index (χ0) is 18.7. The highest BCUT2D eigenvalue weighted by atomic mass is 32.1. The number of thiazole rings is 1. The van der Waals surface area contributed by atoms with Gasteiger partial charge in [0.25, 0.3) is 5.91 Å². The van der Waals surface area contributed by atoms with Gasteiger partial charge in [-0.3, -0.25) is 9.78 Å². The third-order valence-electron chi connectivity index (χ3n) is 3.93. The van der Waals surface area contributed by atoms with Crippen molar-refractivity contribution in [3.05, 3.63) is 46.0 Å². The molecule has 1 unspecified atom stereocenters. The predicted octanol–water partition coefficient (Wildman–Crippen LogP) is 3.59. The largest absolute Gasteiger partial charge is 0.339 e. The summed E-state index contributed by atoms with van der Waals surface area (Å²) in [5.74, 6) is 0.750. The van der Waals surface area contributed by atoms with E-state index in [2.05, 4.69) is 25.4 Å². The van der Waals surface area contributed by atoms with Crippen LogP contribution in [0.1, 0.15) is 53.1 Å². The smallest absolute Gasteiger partial charge is 0.263 e. The van der Waals surface area contributed by atoms with Crippen LogP contribution in [-0.2, 0) is 6.42 Å². The zero-order valence-electron chi connectivity index (χ0n) is 15.2. The minimum atomic E-state index is -0.382. The maximum Gasteiger partial charge on any atom is 0.263 e. The lowest BCUT2D eigenvalue weighted by Crippen LogP contribution is -2.32. The summed E-state index contributed by atoms with van der Waals surface area (Å²) in [6.07, 6.45) is 4.17. The first kappa shape index (κ1) is 18.2. The van der Waals surface area contributed by atoms with Crippen LogP contribution in [0.2, 0.25) is 0 Å². The van der Waals surface area contributed by atoms with Gasteiger partial charge in [0, 0.05) is 18.0 Å². The fourth-order valence-corrected chi connectivity index (χ4v) is 3.42. The van der Waals surface area contributed by atoms with Gasteiger partial charge in [0.1, 0.15) is 10.9 Å². The van der Waals surface area contributed by atoms with E-state index in [-0.39, 0.29) is 17.9 Å². The van der Waals surface area contributed by atoms with Gasteiger partial charge in [-0.05, 0) is 31.4 Å². The third-order valence-corrected chi connectivity index (χ3v) is 5.23. The average Bonchev–Trinajstić information content (AvgIpc) is 3.26. The minimum absolute atomic E-state index is 0.0834. The molecular formula is C18H21N5O2S. The van der Waals surface area contributed by atoms with Crippen molar-refractivity contribution in [1.82, 2.24) is 25.4 Å². The SMILES string of the molecule is CCc1nc(C)c(C(=O)NC(c2nc(-c3cccnc3)no2)C(C)C)s1. The molecule has 136 valence electrons. The second-order valence-corrected chi connectivity index (χ2v) is 7.35. The van der Waals surface area contributed by atoms with Crippen molar-refractivity contribution in [3.8, 4) is 11.4 Å². The van der Waals surface area contributed by atoms with Crippen LogP contribution in [0.3, 0.4) is 0 Å². The molecule has 0 saturated heterocycles. The Hall–Kier alpha value is -2.61. The molecule has 7 nitrogen and oxygen atoms in total. The van der Waals surface area contributed by atoms with Crippen molar-refractivity contribution < 1.29 is 9.32 Å². The summed E-state index contributed by atoms with van der Waals surface area (Å²) in [5, 5.41) is 7.98. The van der Waals surface area contributed by atoms with E-state index in [0.717, 1.165) is 22.7 Å². The third kappa shape index (κ3) is 3.80. The van der Waals surface area contributed by atoms with Crippen LogP contribution in [0.25, 0.3) is 11.4 Å². The van der Waals surface area contributed by atoms with Gasteiger partial charge in [0.15, 0.2) is 0 Å². The molecule has 0 radical (unpaired) electrons. The van der Waals surface area contributed by atoms with Crippen molar-refractivity contribution in [2.45, 2.75) is 40.2 Å². The molecule has 1 atom stereocenters. The molecular weight excluding hydrogens is 350 g/mol. The van der Waals surface area contributed by atoms with E-state index in [1.807, 2.05) is 39.8 Å². The summed E-state index contributed by atoms with van der Waals surface area (Å²) in [4.78, 5) is 26.3. The number of hydrogen-bond donors (Lipinski definition) is 1. The van der Waals surface area contributed by atoms with Gasteiger partial charge in [-0.2, -0.15) is 4.98 Å². The lowest BCUT2D eigenvalue weighted by atomic mass is 10.0. The molecule has 0 aromatic carbocycles. The molecule has 3 rings (SSSR count). The molecule has 0 bridgehead atoms. The molecule has 1 N–H and O–H groups in total. The van der Waals surface area contributed by atoms with Gasteiger partial charge >= 0.3 is 0 Å². The van der Waals surface area contributed by atoms with Crippen molar-refractivity contribution >= 4 is 17.2 Å². The number of amides is 1. The molecule has 0 aliphatic rings. The molecule has 3 aromatic rings. The number of carbonyl (C=O) groups excluding carboxylic acids is 1. The first-order valence-electron chi connectivity index (χ1n) is 8.50. The fraction of sp³-hybridized carbons (Fsp3) is 0.389. The van der Waals surface area contributed by atoms with Crippen LogP contribution in [0.4, 0.5) is 0 Å². The van der Waals surface area contributed by atoms with Crippen molar-refractivity contribution in [2.24, 2.45) is 5.92 Å². The normalized spacial score (nSPS) is 12.3. The Kier molecular flexibility index (Phi) is 5.41. The van der Waals surface area contributed by atoms with Gasteiger partial charge in [-0.25, -0.2) is 4.98 Å². The van der Waals surface area contributed by atoms with Gasteiger partial charge < -0.3 is 9.84 Å². The van der Waals surface area contributed by atoms with Crippen molar-refractivity contribution in [2.75, 3.05) is 0 Å². The van der Waals surface area contributed by atoms with Crippen LogP contribution in [0.15, 0.2) is 29.0 Å². The maximum atomic E-state index is 12.7. The monoisotopic (exact) mass is 371 g/mol. The van der Waals surface area contributed by atoms with E-state index >= 15 is 0 Å². The Morgan fingerprint density at radius 3 is 2.77 bits per heavy atom. The molecule has 8 heteroatoms. The van der Waals surface area contributed by atoms with Crippen LogP contribution < -0.4 is 5.32 Å². The van der Waals surface area contributed by atoms with Gasteiger partial charge in [-0.15, -0.1) is 11.3 Å². The molecule has 0 fully saturated rings. The molecule has 3 aromatic heterocycles. The lowest BCUT2D eigenvalue weighted by molar-refractivity contribution is 0.0917. The van der Waals surface area contributed by atoms with Crippen molar-refractivity contribution in [1.29, 1.82) is 0 Å². The highest BCUT2D eigenvalue weighted by molar-refractivity contribution is 7.13. The number of carbonyl (C=O) groups is 1. The Morgan fingerprint density at radius 2 is 2.15 bits per heavy atom. The molecule has 1 amide bonds. The van der Waals surface area contributed by atoms with Gasteiger partial charge in [0.05, 0.1) is 10.7 Å². The van der Waals surface area contributed by atoms with Gasteiger partial charge in [0.2, 0.25) is 11.7 Å². The zero-order valence-corrected chi connectivity index (χ0v) is 16.0. The van der Waals surface area contributed by atoms with Gasteiger partial charge in [-0.1, -0.05) is 25.9 Å². The summed E-state index contributed by atoms with van der Waals surface area (Å²) in [5.41, 5.74) is 1.51. The van der Waals surface area contributed by atoms with E-state index in [0.29, 0.717) is 16.6 Å². The summed E-state index contributed by atoms with van der Waals surface area (Å²) >= 11 is 1.42. The number of hydrogen-bond acceptors (Lipinski definition) is 7. The van der Waals surface area contributed by atoms with Crippen LogP contribution in [-0.4, -0.2) is 26.0 Å². The quantitative estimate of drug-likeness (QED) is 0.712. The first-order valence-corrected chi connectivity index (χ1v) is 9.32. The van der Waals surface area contributed by atoms with Crippen molar-refractivity contribution in [3.63, 3.8) is 0 Å². The summed E-state index contributed by atoms with van der Waals surface area (Å²) in [7, 11) is 0. The predicted molar refractivity (Wildman–Crippen MR) is 98.8 cm³/mol. The molecule has 0 saturated carbocycles. The maximum absolute atomic E-state index is 12.7. The minimum Gasteiger partial charge on any atom is -0.339 e. The van der Waals surface area contributed by atoms with E-state index in [9.17, 15) is 4.79 Å². The van der Waals surface area contributed by atoms with E-state index in [1.165, 1.54) is 11.3 Å². The Morgan fingerprint density at radius 1 is 1.35 bits per heavy atom. The van der Waals surface area contributed by atoms with E-state index in [1.54, 1.807) is 12.4 Å². The van der Waals surface area contributed by atoms with Crippen LogP contribution in [0, 0.1) is 12.8 Å². The number of aryl methyl sites for hydroxylation is 2. The molecule has 0 aliphatic heterocycles. The van der Waals surface area contributed by atoms with E-state index in [4.69, 9.17) is 4.52 Å².